The first-order valence-electron chi connectivity index (χ1n) is 8.66. The molecule has 2 aromatic rings. The van der Waals surface area contributed by atoms with Crippen molar-refractivity contribution in [2.24, 2.45) is 0 Å². The van der Waals surface area contributed by atoms with Gasteiger partial charge in [0, 0.05) is 37.3 Å². The number of carbonyl (C=O) groups excluding carboxylic acids is 2. The van der Waals surface area contributed by atoms with Gasteiger partial charge in [0.15, 0.2) is 11.6 Å². The number of benzene rings is 2. The van der Waals surface area contributed by atoms with Crippen LogP contribution in [-0.4, -0.2) is 33.0 Å². The van der Waals surface area contributed by atoms with Crippen LogP contribution in [0.25, 0.3) is 0 Å². The molecule has 0 aromatic heterocycles. The highest BCUT2D eigenvalue weighted by molar-refractivity contribution is 7.92. The quantitative estimate of drug-likeness (QED) is 0.679. The summed E-state index contributed by atoms with van der Waals surface area (Å²) in [7, 11) is -3.75. The zero-order valence-corrected chi connectivity index (χ0v) is 16.7. The van der Waals surface area contributed by atoms with Crippen LogP contribution in [-0.2, 0) is 19.6 Å². The van der Waals surface area contributed by atoms with Crippen LogP contribution in [0.4, 0.5) is 25.8 Å². The Morgan fingerprint density at radius 1 is 1.00 bits per heavy atom. The van der Waals surface area contributed by atoms with Crippen LogP contribution in [0.15, 0.2) is 42.5 Å². The fraction of sp³-hybridized carbons (Fsp3) is 0.263. The van der Waals surface area contributed by atoms with Crippen molar-refractivity contribution < 1.29 is 26.8 Å². The van der Waals surface area contributed by atoms with Gasteiger partial charge in [-0.05, 0) is 36.8 Å². The molecule has 156 valence electrons. The average Bonchev–Trinajstić information content (AvgIpc) is 2.60. The van der Waals surface area contributed by atoms with Gasteiger partial charge in [-0.1, -0.05) is 6.07 Å². The SMILES string of the molecule is CC(=O)Nc1cccc(NC(=O)CCCN(c2ccc(F)c(F)c2)S(C)(=O)=O)c1. The normalized spacial score (nSPS) is 11.0. The van der Waals surface area contributed by atoms with Gasteiger partial charge in [-0.2, -0.15) is 0 Å². The third-order valence-corrected chi connectivity index (χ3v) is 5.02. The van der Waals surface area contributed by atoms with Crippen LogP contribution >= 0.6 is 0 Å². The number of amides is 2. The Kier molecular flexibility index (Phi) is 7.27. The first-order valence-corrected chi connectivity index (χ1v) is 10.5. The maximum atomic E-state index is 13.4. The van der Waals surface area contributed by atoms with Crippen LogP contribution in [0.3, 0.4) is 0 Å². The second-order valence-electron chi connectivity index (χ2n) is 6.35. The molecule has 29 heavy (non-hydrogen) atoms. The highest BCUT2D eigenvalue weighted by Crippen LogP contribution is 2.21. The van der Waals surface area contributed by atoms with E-state index >= 15 is 0 Å². The zero-order valence-electron chi connectivity index (χ0n) is 15.9. The molecular weight excluding hydrogens is 404 g/mol. The Morgan fingerprint density at radius 3 is 2.24 bits per heavy atom. The number of halogens is 2. The summed E-state index contributed by atoms with van der Waals surface area (Å²) in [4.78, 5) is 23.2. The number of carbonyl (C=O) groups is 2. The predicted octanol–water partition coefficient (Wildman–Crippen LogP) is 3.11. The molecule has 0 unspecified atom stereocenters. The van der Waals surface area contributed by atoms with E-state index < -0.39 is 21.7 Å². The van der Waals surface area contributed by atoms with Crippen molar-refractivity contribution in [3.05, 3.63) is 54.1 Å². The summed E-state index contributed by atoms with van der Waals surface area (Å²) in [5.41, 5.74) is 0.980. The highest BCUT2D eigenvalue weighted by Gasteiger charge is 2.19. The molecule has 0 atom stereocenters. The number of rotatable bonds is 8. The van der Waals surface area contributed by atoms with Crippen LogP contribution in [0, 0.1) is 11.6 Å². The van der Waals surface area contributed by atoms with Gasteiger partial charge < -0.3 is 10.6 Å². The summed E-state index contributed by atoms with van der Waals surface area (Å²) in [6.45, 7) is 1.29. The Bertz CT molecular complexity index is 1010. The molecule has 0 saturated carbocycles. The minimum atomic E-state index is -3.75. The summed E-state index contributed by atoms with van der Waals surface area (Å²) in [6, 6.07) is 9.36. The third kappa shape index (κ3) is 6.83. The van der Waals surface area contributed by atoms with Crippen LogP contribution in [0.5, 0.6) is 0 Å². The lowest BCUT2D eigenvalue weighted by Crippen LogP contribution is -2.31. The van der Waals surface area contributed by atoms with Gasteiger partial charge in [-0.3, -0.25) is 13.9 Å². The van der Waals surface area contributed by atoms with Crippen LogP contribution in [0.1, 0.15) is 19.8 Å². The molecule has 0 heterocycles. The number of hydrogen-bond donors (Lipinski definition) is 2. The van der Waals surface area contributed by atoms with Gasteiger partial charge >= 0.3 is 0 Å². The van der Waals surface area contributed by atoms with Crippen LogP contribution < -0.4 is 14.9 Å². The van der Waals surface area contributed by atoms with Gasteiger partial charge in [0.1, 0.15) is 0 Å². The van der Waals surface area contributed by atoms with Crippen molar-refractivity contribution in [3.8, 4) is 0 Å². The maximum Gasteiger partial charge on any atom is 0.232 e. The molecule has 2 amide bonds. The lowest BCUT2D eigenvalue weighted by atomic mass is 10.2. The lowest BCUT2D eigenvalue weighted by molar-refractivity contribution is -0.116. The van der Waals surface area contributed by atoms with E-state index in [2.05, 4.69) is 10.6 Å². The van der Waals surface area contributed by atoms with Crippen molar-refractivity contribution in [3.63, 3.8) is 0 Å². The van der Waals surface area contributed by atoms with Crippen molar-refractivity contribution in [2.75, 3.05) is 27.7 Å². The first-order chi connectivity index (χ1) is 13.6. The monoisotopic (exact) mass is 425 g/mol. The summed E-state index contributed by atoms with van der Waals surface area (Å²) in [5.74, 6) is -2.84. The third-order valence-electron chi connectivity index (χ3n) is 3.82. The van der Waals surface area contributed by atoms with Crippen LogP contribution in [0.2, 0.25) is 0 Å². The minimum absolute atomic E-state index is 0.0000609. The Hall–Kier alpha value is -3.01. The standard InChI is InChI=1S/C19H21F2N3O4S/c1-13(25)22-14-5-3-6-15(11-14)23-19(26)7-4-10-24(29(2,27)28)16-8-9-17(20)18(21)12-16/h3,5-6,8-9,11-12H,4,7,10H2,1-2H3,(H,22,25)(H,23,26). The summed E-state index contributed by atoms with van der Waals surface area (Å²) < 4.78 is 51.5. The number of sulfonamides is 1. The minimum Gasteiger partial charge on any atom is -0.326 e. The van der Waals surface area contributed by atoms with E-state index in [1.54, 1.807) is 24.3 Å². The van der Waals surface area contributed by atoms with E-state index in [1.165, 1.54) is 6.92 Å². The molecule has 0 aliphatic carbocycles. The molecule has 0 fully saturated rings. The largest absolute Gasteiger partial charge is 0.326 e. The van der Waals surface area contributed by atoms with Crippen molar-refractivity contribution in [2.45, 2.75) is 19.8 Å². The molecule has 0 spiro atoms. The van der Waals surface area contributed by atoms with Crippen molar-refractivity contribution >= 4 is 38.9 Å². The first kappa shape index (κ1) is 22.3. The van der Waals surface area contributed by atoms with Gasteiger partial charge in [0.25, 0.3) is 0 Å². The van der Waals surface area contributed by atoms with Gasteiger partial charge in [-0.25, -0.2) is 17.2 Å². The molecule has 0 aliphatic heterocycles. The Balaban J connectivity index is 1.98. The molecule has 2 N–H and O–H groups in total. The second-order valence-corrected chi connectivity index (χ2v) is 8.25. The maximum absolute atomic E-state index is 13.4. The van der Waals surface area contributed by atoms with E-state index in [4.69, 9.17) is 0 Å². The smallest absolute Gasteiger partial charge is 0.232 e. The second kappa shape index (κ2) is 9.46. The number of nitrogens with one attached hydrogen (secondary N) is 2. The lowest BCUT2D eigenvalue weighted by Gasteiger charge is -2.22. The summed E-state index contributed by atoms with van der Waals surface area (Å²) in [5, 5.41) is 5.26. The van der Waals surface area contributed by atoms with E-state index in [1.807, 2.05) is 0 Å². The topological polar surface area (TPSA) is 95.6 Å². The van der Waals surface area contributed by atoms with Crippen molar-refractivity contribution in [1.82, 2.24) is 0 Å². The fourth-order valence-corrected chi connectivity index (χ4v) is 3.57. The predicted molar refractivity (Wildman–Crippen MR) is 107 cm³/mol. The molecule has 0 aliphatic rings. The highest BCUT2D eigenvalue weighted by atomic mass is 32.2. The average molecular weight is 425 g/mol. The molecule has 2 aromatic carbocycles. The van der Waals surface area contributed by atoms with Gasteiger partial charge in [-0.15, -0.1) is 0 Å². The van der Waals surface area contributed by atoms with E-state index in [0.717, 1.165) is 28.8 Å². The summed E-state index contributed by atoms with van der Waals surface area (Å²) in [6.07, 6.45) is 1.10. The summed E-state index contributed by atoms with van der Waals surface area (Å²) >= 11 is 0. The molecule has 2 rings (SSSR count). The molecular formula is C19H21F2N3O4S. The molecule has 7 nitrogen and oxygen atoms in total. The van der Waals surface area contributed by atoms with Crippen molar-refractivity contribution in [1.29, 1.82) is 0 Å². The van der Waals surface area contributed by atoms with Gasteiger partial charge in [0.05, 0.1) is 11.9 Å². The van der Waals surface area contributed by atoms with E-state index in [0.29, 0.717) is 11.4 Å². The molecule has 0 saturated heterocycles. The number of hydrogen-bond acceptors (Lipinski definition) is 4. The molecule has 0 radical (unpaired) electrons. The molecule has 0 bridgehead atoms. The van der Waals surface area contributed by atoms with E-state index in [9.17, 15) is 26.8 Å². The molecule has 10 heteroatoms. The number of nitrogens with zero attached hydrogens (tertiary/aromatic N) is 1. The van der Waals surface area contributed by atoms with E-state index in [-0.39, 0.29) is 36.9 Å². The van der Waals surface area contributed by atoms with Gasteiger partial charge in [0.2, 0.25) is 21.8 Å². The fourth-order valence-electron chi connectivity index (χ4n) is 2.61. The Morgan fingerprint density at radius 2 is 1.66 bits per heavy atom. The number of anilines is 3. The zero-order chi connectivity index (χ0) is 21.6. The Labute approximate surface area is 167 Å².